The van der Waals surface area contributed by atoms with Crippen LogP contribution < -0.4 is 9.47 Å². The van der Waals surface area contributed by atoms with Gasteiger partial charge in [-0.2, -0.15) is 0 Å². The first-order chi connectivity index (χ1) is 60.9. The van der Waals surface area contributed by atoms with Crippen molar-refractivity contribution in [3.05, 3.63) is 265 Å². The smallest absolute Gasteiger partial charge is 0.163 e. The quantitative estimate of drug-likeness (QED) is 0.0357. The number of methoxy groups -OCH3 is 2. The molecular formula is C113H158BrFO13S. The van der Waals surface area contributed by atoms with Crippen LogP contribution in [-0.2, 0) is 99.4 Å². The fourth-order valence-corrected chi connectivity index (χ4v) is 14.1. The molecule has 0 spiro atoms. The highest BCUT2D eigenvalue weighted by atomic mass is 79.9. The molecule has 0 amide bonds. The summed E-state index contributed by atoms with van der Waals surface area (Å²) in [5.41, 5.74) is 14.8. The van der Waals surface area contributed by atoms with E-state index in [9.17, 15) is 47.5 Å². The second kappa shape index (κ2) is 67.3. The first-order valence-corrected chi connectivity index (χ1v) is 48.3. The molecular weight excluding hydrogens is 1700 g/mol. The predicted octanol–water partition coefficient (Wildman–Crippen LogP) is 26.9. The Labute approximate surface area is 789 Å². The van der Waals surface area contributed by atoms with Gasteiger partial charge in [0.15, 0.2) is 11.5 Å². The van der Waals surface area contributed by atoms with Crippen LogP contribution in [0.1, 0.15) is 261 Å². The number of carbonyl (C=O) groups is 9. The van der Waals surface area contributed by atoms with Crippen LogP contribution in [0, 0.1) is 99.6 Å². The summed E-state index contributed by atoms with van der Waals surface area (Å²) in [6.45, 7) is 46.8. The summed E-state index contributed by atoms with van der Waals surface area (Å²) in [5.74, 6) is 6.68. The Morgan fingerprint density at radius 1 is 0.372 bits per heavy atom. The maximum absolute atomic E-state index is 13.0. The molecule has 1 aliphatic heterocycles. The Hall–Kier alpha value is -8.93. The van der Waals surface area contributed by atoms with Gasteiger partial charge in [-0.25, -0.2) is 4.39 Å². The van der Waals surface area contributed by atoms with Gasteiger partial charge >= 0.3 is 0 Å². The van der Waals surface area contributed by atoms with Crippen LogP contribution in [0.15, 0.2) is 191 Å². The zero-order valence-electron chi connectivity index (χ0n) is 83.0. The lowest BCUT2D eigenvalue weighted by molar-refractivity contribution is -0.122. The third-order valence-corrected chi connectivity index (χ3v) is 23.8. The van der Waals surface area contributed by atoms with E-state index in [0.29, 0.717) is 104 Å². The fourth-order valence-electron chi connectivity index (χ4n) is 12.7. The van der Waals surface area contributed by atoms with Crippen LogP contribution in [0.5, 0.6) is 11.5 Å². The zero-order chi connectivity index (χ0) is 97.3. The third-order valence-electron chi connectivity index (χ3n) is 22.0. The van der Waals surface area contributed by atoms with Crippen LogP contribution in [0.2, 0.25) is 0 Å². The third kappa shape index (κ3) is 53.2. The van der Waals surface area contributed by atoms with Gasteiger partial charge in [-0.15, -0.1) is 11.8 Å². The number of aliphatic hydroxyl groups is 1. The molecule has 8 aromatic rings. The number of halogens is 2. The van der Waals surface area contributed by atoms with E-state index in [0.717, 1.165) is 125 Å². The molecule has 13 nitrogen and oxygen atoms in total. The van der Waals surface area contributed by atoms with Gasteiger partial charge in [-0.1, -0.05) is 292 Å². The predicted molar refractivity (Wildman–Crippen MR) is 538 cm³/mol. The second-order valence-corrected chi connectivity index (χ2v) is 38.0. The largest absolute Gasteiger partial charge is 0.493 e. The molecule has 0 bridgehead atoms. The van der Waals surface area contributed by atoms with E-state index in [2.05, 4.69) is 97.4 Å². The van der Waals surface area contributed by atoms with E-state index in [1.807, 2.05) is 248 Å². The maximum atomic E-state index is 13.0. The summed E-state index contributed by atoms with van der Waals surface area (Å²) in [4.78, 5) is 104. The SMILES string of the molecule is CC(C)C(=O)CCC1CCOC1.CC(C)C(=O)CCc1ccccc1Br.CC(C)C(=O)CCc1ccccc1CO.CC(C)C(=O)CSc1ccccc1.COc1cc(CCC(=O)C(C)C)cc(C)c1OC.Cc1cc(F)cc(CCC(=O)C(C)C)c1.Cc1ccc(CCC(=O)C(C)C)cc1.Cc1ccccc1CCC(=O)C(C)C.Cc1ccccc1CCC(=O)C(C)C. The molecule has 0 radical (unpaired) electrons. The van der Waals surface area contributed by atoms with Gasteiger partial charge in [0.1, 0.15) is 57.9 Å². The normalized spacial score (nSPS) is 11.8. The molecule has 9 rings (SSSR count). The average Bonchev–Trinajstić information content (AvgIpc) is 1.84. The number of hydrogen-bond acceptors (Lipinski definition) is 14. The number of ketones is 9. The van der Waals surface area contributed by atoms with E-state index in [1.54, 1.807) is 26.0 Å². The average molecular weight is 1860 g/mol. The monoisotopic (exact) mass is 1850 g/mol. The molecule has 0 aromatic heterocycles. The van der Waals surface area contributed by atoms with Gasteiger partial charge in [-0.05, 0) is 201 Å². The molecule has 1 atom stereocenters. The van der Waals surface area contributed by atoms with Gasteiger partial charge in [0, 0.05) is 127 Å². The molecule has 1 heterocycles. The first kappa shape index (κ1) is 118. The minimum atomic E-state index is -0.220. The minimum absolute atomic E-state index is 0.0477. The molecule has 1 unspecified atom stereocenters. The number of thioether (sulfide) groups is 1. The Morgan fingerprint density at radius 3 is 1.11 bits per heavy atom. The van der Waals surface area contributed by atoms with Crippen LogP contribution in [-0.4, -0.2) is 90.3 Å². The van der Waals surface area contributed by atoms with E-state index >= 15 is 0 Å². The Bertz CT molecular complexity index is 4410. The number of hydrogen-bond donors (Lipinski definition) is 1. The van der Waals surface area contributed by atoms with Crippen molar-refractivity contribution in [2.75, 3.05) is 33.2 Å². The lowest BCUT2D eigenvalue weighted by Gasteiger charge is -2.13. The van der Waals surface area contributed by atoms with Crippen molar-refractivity contribution in [1.82, 2.24) is 0 Å². The number of carbonyl (C=O) groups excluding carboxylic acids is 9. The molecule has 16 heteroatoms. The van der Waals surface area contributed by atoms with Crippen molar-refractivity contribution in [2.24, 2.45) is 59.2 Å². The molecule has 129 heavy (non-hydrogen) atoms. The Kier molecular flexibility index (Phi) is 61.6. The standard InChI is InChI=1S/C15H22O3.C13H17FO.C13H18O2.3C13H18O.C12H15BrO.C11H14OS.C10H18O2/c1-10(2)13(16)7-6-12-8-11(3)15(18-5)14(9-12)17-4;1-9(2)13(15)5-4-11-6-10(3)7-12(14)8-11;1-10(2)13(15)8-7-11-5-3-4-6-12(11)9-14;1-10(2)13(14)9-8-12-6-4-11(3)5-7-12;2*1-10(2)13(14)9-8-12-7-5-4-6-11(12)3;1-9(2)12(14)8-7-10-5-3-4-6-11(10)13;1-9(2)11(12)8-13-10-6-4-3-5-7-10;1-8(2)10(11)4-3-9-5-6-12-7-9/h8-10H,6-7H2,1-5H3;6-9H,4-5H2,1-3H3;3-6,10,14H,7-9H2,1-2H3;3*4-7,10H,8-9H2,1-3H3;3-6,9H,7-8H2,1-2H3;3-7,9H,8H2,1-2H3;8-9H,3-7H2,1-2H3. The Balaban J connectivity index is 0.000000727. The van der Waals surface area contributed by atoms with Gasteiger partial charge < -0.3 is 19.3 Å². The van der Waals surface area contributed by atoms with Gasteiger partial charge in [0.2, 0.25) is 0 Å². The highest BCUT2D eigenvalue weighted by Crippen LogP contribution is 2.33. The number of benzene rings is 8. The summed E-state index contributed by atoms with van der Waals surface area (Å²) < 4.78 is 30.0. The molecule has 0 saturated carbocycles. The van der Waals surface area contributed by atoms with E-state index in [4.69, 9.17) is 19.3 Å². The summed E-state index contributed by atoms with van der Waals surface area (Å²) in [7, 11) is 3.26. The van der Waals surface area contributed by atoms with Crippen molar-refractivity contribution in [1.29, 1.82) is 0 Å². The molecule has 0 aliphatic carbocycles. The fraction of sp³-hybridized carbons (Fsp3) is 0.496. The molecule has 1 N–H and O–H groups in total. The maximum Gasteiger partial charge on any atom is 0.163 e. The second-order valence-electron chi connectivity index (χ2n) is 36.1. The highest BCUT2D eigenvalue weighted by Gasteiger charge is 2.20. The lowest BCUT2D eigenvalue weighted by Crippen LogP contribution is -2.09. The van der Waals surface area contributed by atoms with E-state index < -0.39 is 0 Å². The number of rotatable bonds is 39. The van der Waals surface area contributed by atoms with Crippen LogP contribution >= 0.6 is 27.7 Å². The van der Waals surface area contributed by atoms with Crippen LogP contribution in [0.25, 0.3) is 0 Å². The molecule has 1 aliphatic rings. The summed E-state index contributed by atoms with van der Waals surface area (Å²) in [6, 6.07) is 59.6. The summed E-state index contributed by atoms with van der Waals surface area (Å²) in [5, 5.41) is 9.11. The summed E-state index contributed by atoms with van der Waals surface area (Å²) in [6.07, 6.45) is 12.8. The number of Topliss-reactive ketones (excluding diaryl/α,β-unsaturated/α-hetero) is 9. The van der Waals surface area contributed by atoms with Crippen molar-refractivity contribution in [3.63, 3.8) is 0 Å². The van der Waals surface area contributed by atoms with Gasteiger partial charge in [0.25, 0.3) is 0 Å². The van der Waals surface area contributed by atoms with Crippen molar-refractivity contribution < 1.29 is 66.9 Å². The number of ether oxygens (including phenoxy) is 3. The molecule has 1 saturated heterocycles. The number of aliphatic hydroxyl groups excluding tert-OH is 1. The van der Waals surface area contributed by atoms with E-state index in [1.165, 1.54) is 51.1 Å². The summed E-state index contributed by atoms with van der Waals surface area (Å²) >= 11 is 5.08. The molecule has 1 fully saturated rings. The van der Waals surface area contributed by atoms with Crippen molar-refractivity contribution >= 4 is 79.7 Å². The van der Waals surface area contributed by atoms with Crippen molar-refractivity contribution in [2.45, 2.75) is 280 Å². The topological polar surface area (TPSA) is 202 Å². The minimum Gasteiger partial charge on any atom is -0.493 e. The van der Waals surface area contributed by atoms with Gasteiger partial charge in [-0.3, -0.25) is 43.2 Å². The van der Waals surface area contributed by atoms with Crippen molar-refractivity contribution in [3.8, 4) is 11.5 Å². The first-order valence-electron chi connectivity index (χ1n) is 46.5. The highest BCUT2D eigenvalue weighted by molar-refractivity contribution is 9.10. The molecule has 8 aromatic carbocycles. The van der Waals surface area contributed by atoms with E-state index in [-0.39, 0.29) is 77.3 Å². The molecule has 708 valence electrons. The van der Waals surface area contributed by atoms with Crippen LogP contribution in [0.4, 0.5) is 4.39 Å². The number of aryl methyl sites for hydroxylation is 12. The van der Waals surface area contributed by atoms with Gasteiger partial charge in [0.05, 0.1) is 26.6 Å². The van der Waals surface area contributed by atoms with Crippen LogP contribution in [0.3, 0.4) is 0 Å². The lowest BCUT2D eigenvalue weighted by atomic mass is 9.97. The Morgan fingerprint density at radius 2 is 0.729 bits per heavy atom. The zero-order valence-corrected chi connectivity index (χ0v) is 85.4.